The van der Waals surface area contributed by atoms with Gasteiger partial charge in [0.05, 0.1) is 21.4 Å². The first-order valence-electron chi connectivity index (χ1n) is 7.49. The maximum atomic E-state index is 13.5. The molecular weight excluding hydrogens is 428 g/mol. The average molecular weight is 443 g/mol. The first-order valence-corrected chi connectivity index (χ1v) is 9.04. The van der Waals surface area contributed by atoms with Crippen LogP contribution in [0.5, 0.6) is 0 Å². The zero-order valence-corrected chi connectivity index (χ0v) is 16.9. The number of hydrogen-bond acceptors (Lipinski definition) is 2. The molecule has 3 rings (SSSR count). The van der Waals surface area contributed by atoms with E-state index in [4.69, 9.17) is 23.2 Å². The molecule has 0 unspecified atom stereocenters. The fourth-order valence-corrected chi connectivity index (χ4v) is 3.99. The predicted molar refractivity (Wildman–Crippen MR) is 106 cm³/mol. The minimum atomic E-state index is -0.309. The van der Waals surface area contributed by atoms with Crippen LogP contribution < -0.4 is 5.32 Å². The number of halogens is 4. The summed E-state index contributed by atoms with van der Waals surface area (Å²) in [6.45, 7) is 3.82. The smallest absolute Gasteiger partial charge is 0.136 e. The topological polar surface area (TPSA) is 29.9 Å². The van der Waals surface area contributed by atoms with Gasteiger partial charge in [0.2, 0.25) is 0 Å². The number of aryl methyl sites for hydroxylation is 3. The summed E-state index contributed by atoms with van der Waals surface area (Å²) in [5, 5.41) is 8.81. The molecule has 1 N–H and O–H groups in total. The molecule has 7 heteroatoms. The number of nitrogens with zero attached hydrogens (tertiary/aromatic N) is 2. The van der Waals surface area contributed by atoms with Crippen LogP contribution >= 0.6 is 39.1 Å². The Balaban J connectivity index is 2.16. The van der Waals surface area contributed by atoms with Crippen molar-refractivity contribution in [3.63, 3.8) is 0 Å². The van der Waals surface area contributed by atoms with Crippen LogP contribution in [0.4, 0.5) is 15.9 Å². The van der Waals surface area contributed by atoms with Gasteiger partial charge in [-0.2, -0.15) is 5.10 Å². The fourth-order valence-electron chi connectivity index (χ4n) is 2.75. The SMILES string of the molecule is Cc1cc(Cl)c(Nc2c(-c3ccc(F)cc3Br)c(C)nn2C)c(Cl)c1. The third-order valence-electron chi connectivity index (χ3n) is 3.85. The van der Waals surface area contributed by atoms with E-state index in [9.17, 15) is 4.39 Å². The zero-order chi connectivity index (χ0) is 18.3. The molecule has 0 spiro atoms. The van der Waals surface area contributed by atoms with Crippen molar-refractivity contribution in [3.05, 3.63) is 61.9 Å². The lowest BCUT2D eigenvalue weighted by Gasteiger charge is -2.14. The minimum absolute atomic E-state index is 0.309. The van der Waals surface area contributed by atoms with Crippen LogP contribution in [-0.2, 0) is 7.05 Å². The Morgan fingerprint density at radius 1 is 1.12 bits per heavy atom. The summed E-state index contributed by atoms with van der Waals surface area (Å²) >= 11 is 16.1. The van der Waals surface area contributed by atoms with Crippen LogP contribution in [0.15, 0.2) is 34.8 Å². The molecule has 0 saturated heterocycles. The highest BCUT2D eigenvalue weighted by molar-refractivity contribution is 9.10. The van der Waals surface area contributed by atoms with Crippen molar-refractivity contribution in [1.29, 1.82) is 0 Å². The first-order chi connectivity index (χ1) is 11.8. The van der Waals surface area contributed by atoms with Gasteiger partial charge < -0.3 is 5.32 Å². The van der Waals surface area contributed by atoms with Crippen LogP contribution in [0.1, 0.15) is 11.3 Å². The van der Waals surface area contributed by atoms with E-state index in [0.717, 1.165) is 28.2 Å². The van der Waals surface area contributed by atoms with E-state index >= 15 is 0 Å². The normalized spacial score (nSPS) is 11.0. The summed E-state index contributed by atoms with van der Waals surface area (Å²) in [5.74, 6) is 0.411. The van der Waals surface area contributed by atoms with Crippen molar-refractivity contribution in [2.24, 2.45) is 7.05 Å². The highest BCUT2D eigenvalue weighted by Gasteiger charge is 2.19. The highest BCUT2D eigenvalue weighted by Crippen LogP contribution is 2.40. The minimum Gasteiger partial charge on any atom is -0.337 e. The van der Waals surface area contributed by atoms with E-state index in [1.54, 1.807) is 10.7 Å². The molecule has 1 heterocycles. The van der Waals surface area contributed by atoms with Gasteiger partial charge in [-0.15, -0.1) is 0 Å². The number of nitrogens with one attached hydrogen (secondary N) is 1. The molecule has 1 aromatic heterocycles. The first kappa shape index (κ1) is 18.2. The molecule has 0 radical (unpaired) electrons. The highest BCUT2D eigenvalue weighted by atomic mass is 79.9. The number of anilines is 2. The van der Waals surface area contributed by atoms with Crippen molar-refractivity contribution in [1.82, 2.24) is 9.78 Å². The Hall–Kier alpha value is -1.56. The summed E-state index contributed by atoms with van der Waals surface area (Å²) < 4.78 is 15.8. The van der Waals surface area contributed by atoms with Crippen LogP contribution in [0, 0.1) is 19.7 Å². The summed E-state index contributed by atoms with van der Waals surface area (Å²) in [5.41, 5.74) is 4.06. The number of aromatic nitrogens is 2. The monoisotopic (exact) mass is 441 g/mol. The van der Waals surface area contributed by atoms with E-state index < -0.39 is 0 Å². The van der Waals surface area contributed by atoms with E-state index in [0.29, 0.717) is 20.2 Å². The number of benzene rings is 2. The van der Waals surface area contributed by atoms with Crippen molar-refractivity contribution >= 4 is 50.6 Å². The molecule has 2 aromatic carbocycles. The molecule has 0 saturated carbocycles. The second-order valence-electron chi connectivity index (χ2n) is 5.79. The molecule has 0 aliphatic heterocycles. The maximum absolute atomic E-state index is 13.5. The molecule has 3 nitrogen and oxygen atoms in total. The molecule has 0 atom stereocenters. The van der Waals surface area contributed by atoms with Crippen LogP contribution in [0.2, 0.25) is 10.0 Å². The van der Waals surface area contributed by atoms with Gasteiger partial charge in [0.1, 0.15) is 11.6 Å². The van der Waals surface area contributed by atoms with Crippen LogP contribution in [0.25, 0.3) is 11.1 Å². The Labute approximate surface area is 163 Å². The second kappa shape index (κ2) is 6.98. The second-order valence-corrected chi connectivity index (χ2v) is 7.45. The maximum Gasteiger partial charge on any atom is 0.136 e. The molecule has 0 aliphatic carbocycles. The van der Waals surface area contributed by atoms with E-state index in [1.807, 2.05) is 33.0 Å². The molecule has 0 aliphatic rings. The summed E-state index contributed by atoms with van der Waals surface area (Å²) in [4.78, 5) is 0. The standard InChI is InChI=1S/C18H15BrCl2FN3/c1-9-6-14(20)17(15(21)7-9)23-18-16(10(2)24-25(18)3)12-5-4-11(22)8-13(12)19/h4-8,23H,1-3H3. The Kier molecular flexibility index (Phi) is 5.09. The molecule has 0 bridgehead atoms. The van der Waals surface area contributed by atoms with Gasteiger partial charge in [0, 0.05) is 22.6 Å². The summed E-state index contributed by atoms with van der Waals surface area (Å²) in [6, 6.07) is 8.24. The third-order valence-corrected chi connectivity index (χ3v) is 5.10. The lowest BCUT2D eigenvalue weighted by Crippen LogP contribution is -2.02. The Morgan fingerprint density at radius 2 is 1.76 bits per heavy atom. The van der Waals surface area contributed by atoms with Gasteiger partial charge in [0.15, 0.2) is 0 Å². The Bertz CT molecular complexity index is 946. The molecule has 130 valence electrons. The largest absolute Gasteiger partial charge is 0.337 e. The van der Waals surface area contributed by atoms with Crippen molar-refractivity contribution in [3.8, 4) is 11.1 Å². The van der Waals surface area contributed by atoms with Gasteiger partial charge in [-0.3, -0.25) is 4.68 Å². The Morgan fingerprint density at radius 3 is 2.36 bits per heavy atom. The fraction of sp³-hybridized carbons (Fsp3) is 0.167. The quantitative estimate of drug-likeness (QED) is 0.491. The average Bonchev–Trinajstić information content (AvgIpc) is 2.77. The molecular formula is C18H15BrCl2FN3. The van der Waals surface area contributed by atoms with Crippen molar-refractivity contribution in [2.45, 2.75) is 13.8 Å². The lowest BCUT2D eigenvalue weighted by atomic mass is 10.1. The van der Waals surface area contributed by atoms with E-state index in [1.165, 1.54) is 12.1 Å². The van der Waals surface area contributed by atoms with Gasteiger partial charge in [-0.25, -0.2) is 4.39 Å². The third kappa shape index (κ3) is 3.54. The summed E-state index contributed by atoms with van der Waals surface area (Å²) in [7, 11) is 1.83. The molecule has 0 fully saturated rings. The van der Waals surface area contributed by atoms with Gasteiger partial charge in [-0.1, -0.05) is 45.2 Å². The molecule has 25 heavy (non-hydrogen) atoms. The lowest BCUT2D eigenvalue weighted by molar-refractivity contribution is 0.627. The van der Waals surface area contributed by atoms with Gasteiger partial charge >= 0.3 is 0 Å². The summed E-state index contributed by atoms with van der Waals surface area (Å²) in [6.07, 6.45) is 0. The molecule has 0 amide bonds. The van der Waals surface area contributed by atoms with Crippen molar-refractivity contribution < 1.29 is 4.39 Å². The predicted octanol–water partition coefficient (Wildman–Crippen LogP) is 6.66. The van der Waals surface area contributed by atoms with Crippen molar-refractivity contribution in [2.75, 3.05) is 5.32 Å². The number of rotatable bonds is 3. The van der Waals surface area contributed by atoms with Crippen LogP contribution in [-0.4, -0.2) is 9.78 Å². The van der Waals surface area contributed by atoms with Gasteiger partial charge in [0.25, 0.3) is 0 Å². The van der Waals surface area contributed by atoms with E-state index in [-0.39, 0.29) is 5.82 Å². The van der Waals surface area contributed by atoms with Crippen LogP contribution in [0.3, 0.4) is 0 Å². The van der Waals surface area contributed by atoms with Gasteiger partial charge in [-0.05, 0) is 43.7 Å². The molecule has 3 aromatic rings. The van der Waals surface area contributed by atoms with E-state index in [2.05, 4.69) is 26.3 Å². The number of hydrogen-bond donors (Lipinski definition) is 1. The zero-order valence-electron chi connectivity index (χ0n) is 13.8.